The number of benzene rings is 1. The minimum Gasteiger partial charge on any atom is -0.508 e. The van der Waals surface area contributed by atoms with Gasteiger partial charge >= 0.3 is 5.69 Å². The van der Waals surface area contributed by atoms with Crippen LogP contribution in [0.4, 0.5) is 0 Å². The van der Waals surface area contributed by atoms with Crippen LogP contribution in [-0.2, 0) is 13.0 Å². The van der Waals surface area contributed by atoms with Gasteiger partial charge in [-0.15, -0.1) is 11.3 Å². The molecular weight excluding hydrogens is 362 g/mol. The molecule has 0 radical (unpaired) electrons. The average molecular weight is 383 g/mol. The lowest BCUT2D eigenvalue weighted by atomic mass is 9.73. The number of aromatic nitrogens is 2. The summed E-state index contributed by atoms with van der Waals surface area (Å²) in [6, 6.07) is 7.73. The van der Waals surface area contributed by atoms with Crippen molar-refractivity contribution in [2.24, 2.45) is 5.92 Å². The molecule has 1 aliphatic heterocycles. The molecule has 27 heavy (non-hydrogen) atoms. The lowest BCUT2D eigenvalue weighted by Gasteiger charge is -2.31. The molecular formula is C20H21N3O3S. The normalized spacial score (nSPS) is 24.1. The number of thiophene rings is 1. The van der Waals surface area contributed by atoms with E-state index in [1.807, 2.05) is 11.4 Å². The predicted molar refractivity (Wildman–Crippen MR) is 106 cm³/mol. The second-order valence-electron chi connectivity index (χ2n) is 7.52. The summed E-state index contributed by atoms with van der Waals surface area (Å²) in [6.45, 7) is 1.33. The van der Waals surface area contributed by atoms with E-state index < -0.39 is 0 Å². The van der Waals surface area contributed by atoms with Crippen LogP contribution in [0, 0.1) is 5.92 Å². The van der Waals surface area contributed by atoms with Gasteiger partial charge in [-0.25, -0.2) is 4.79 Å². The van der Waals surface area contributed by atoms with Gasteiger partial charge < -0.3 is 10.4 Å². The van der Waals surface area contributed by atoms with E-state index in [0.29, 0.717) is 40.8 Å². The van der Waals surface area contributed by atoms with Gasteiger partial charge in [0.05, 0.1) is 5.39 Å². The van der Waals surface area contributed by atoms with Crippen molar-refractivity contribution in [3.63, 3.8) is 0 Å². The molecule has 6 nitrogen and oxygen atoms in total. The molecule has 1 unspecified atom stereocenters. The van der Waals surface area contributed by atoms with Crippen molar-refractivity contribution in [3.05, 3.63) is 61.6 Å². The number of aromatic hydroxyl groups is 1. The largest absolute Gasteiger partial charge is 0.508 e. The van der Waals surface area contributed by atoms with Crippen LogP contribution in [-0.4, -0.2) is 27.2 Å². The second-order valence-corrected chi connectivity index (χ2v) is 8.44. The first kappa shape index (κ1) is 16.8. The fourth-order valence-corrected chi connectivity index (χ4v) is 5.64. The highest BCUT2D eigenvalue weighted by Gasteiger charge is 2.40. The van der Waals surface area contributed by atoms with Crippen molar-refractivity contribution in [1.29, 1.82) is 0 Å². The number of fused-ring (bicyclic) bond motifs is 4. The molecule has 0 saturated carbocycles. The Morgan fingerprint density at radius 3 is 3.04 bits per heavy atom. The van der Waals surface area contributed by atoms with Crippen LogP contribution in [0.25, 0.3) is 10.2 Å². The number of hydrogen-bond donors (Lipinski definition) is 3. The van der Waals surface area contributed by atoms with Crippen molar-refractivity contribution in [3.8, 4) is 5.75 Å². The average Bonchev–Trinajstić information content (AvgIpc) is 3.29. The van der Waals surface area contributed by atoms with Crippen molar-refractivity contribution >= 4 is 21.6 Å². The minimum absolute atomic E-state index is 0.195. The van der Waals surface area contributed by atoms with E-state index in [9.17, 15) is 14.7 Å². The number of hydrogen-bond acceptors (Lipinski definition) is 5. The number of phenols is 1. The molecule has 2 aliphatic rings. The topological polar surface area (TPSA) is 87.1 Å². The maximum Gasteiger partial charge on any atom is 0.329 e. The van der Waals surface area contributed by atoms with Gasteiger partial charge in [-0.05, 0) is 60.4 Å². The molecule has 3 N–H and O–H groups in total. The van der Waals surface area contributed by atoms with E-state index in [4.69, 9.17) is 0 Å². The molecule has 0 spiro atoms. The summed E-state index contributed by atoms with van der Waals surface area (Å²) in [5, 5.41) is 16.2. The predicted octanol–water partition coefficient (Wildman–Crippen LogP) is 2.17. The smallest absolute Gasteiger partial charge is 0.329 e. The molecule has 1 aliphatic carbocycles. The minimum atomic E-state index is -0.341. The quantitative estimate of drug-likeness (QED) is 0.647. The fourth-order valence-electron chi connectivity index (χ4n) is 4.87. The van der Waals surface area contributed by atoms with E-state index in [0.717, 1.165) is 24.9 Å². The zero-order valence-corrected chi connectivity index (χ0v) is 15.6. The van der Waals surface area contributed by atoms with Crippen molar-refractivity contribution < 1.29 is 5.11 Å². The van der Waals surface area contributed by atoms with Crippen LogP contribution < -0.4 is 16.6 Å². The van der Waals surface area contributed by atoms with Gasteiger partial charge in [0.25, 0.3) is 5.56 Å². The molecule has 2 aromatic heterocycles. The van der Waals surface area contributed by atoms with Crippen LogP contribution in [0.1, 0.15) is 29.9 Å². The summed E-state index contributed by atoms with van der Waals surface area (Å²) in [5.74, 6) is 1.24. The van der Waals surface area contributed by atoms with Crippen LogP contribution in [0.2, 0.25) is 0 Å². The van der Waals surface area contributed by atoms with Gasteiger partial charge in [0.15, 0.2) is 0 Å². The Kier molecular flexibility index (Phi) is 3.94. The molecule has 1 aromatic carbocycles. The third-order valence-corrected chi connectivity index (χ3v) is 7.00. The van der Waals surface area contributed by atoms with Gasteiger partial charge in [-0.3, -0.25) is 14.3 Å². The summed E-state index contributed by atoms with van der Waals surface area (Å²) < 4.78 is 1.32. The van der Waals surface area contributed by atoms with Gasteiger partial charge in [0.2, 0.25) is 0 Å². The van der Waals surface area contributed by atoms with Crippen LogP contribution in [0.5, 0.6) is 5.75 Å². The Morgan fingerprint density at radius 2 is 2.15 bits per heavy atom. The highest BCUT2D eigenvalue weighted by molar-refractivity contribution is 7.16. The molecule has 3 heterocycles. The number of phenolic OH excluding ortho intramolecular Hbond substituents is 1. The highest BCUT2D eigenvalue weighted by Crippen LogP contribution is 2.44. The highest BCUT2D eigenvalue weighted by atomic mass is 32.1. The monoisotopic (exact) mass is 383 g/mol. The maximum absolute atomic E-state index is 12.6. The molecule has 5 rings (SSSR count). The Morgan fingerprint density at radius 1 is 1.26 bits per heavy atom. The van der Waals surface area contributed by atoms with Gasteiger partial charge in [0.1, 0.15) is 10.6 Å². The molecule has 3 aromatic rings. The first-order valence-corrected chi connectivity index (χ1v) is 10.3. The van der Waals surface area contributed by atoms with Crippen LogP contribution in [0.15, 0.2) is 39.2 Å². The summed E-state index contributed by atoms with van der Waals surface area (Å²) in [5.41, 5.74) is 1.72. The van der Waals surface area contributed by atoms with Crippen LogP contribution >= 0.6 is 11.3 Å². The van der Waals surface area contributed by atoms with E-state index in [-0.39, 0.29) is 17.3 Å². The Hall–Kier alpha value is -2.38. The summed E-state index contributed by atoms with van der Waals surface area (Å²) >= 11 is 1.37. The number of nitrogens with one attached hydrogen (secondary N) is 2. The Labute approximate surface area is 159 Å². The van der Waals surface area contributed by atoms with Crippen molar-refractivity contribution in [1.82, 2.24) is 14.9 Å². The molecule has 0 amide bonds. The number of aromatic amines is 1. The van der Waals surface area contributed by atoms with E-state index in [1.165, 1.54) is 21.5 Å². The van der Waals surface area contributed by atoms with Gasteiger partial charge in [-0.2, -0.15) is 0 Å². The summed E-state index contributed by atoms with van der Waals surface area (Å²) in [6.07, 6.45) is 2.67. The van der Waals surface area contributed by atoms with Crippen molar-refractivity contribution in [2.75, 3.05) is 6.54 Å². The maximum atomic E-state index is 12.6. The zero-order chi connectivity index (χ0) is 18.5. The SMILES string of the molecule is O=c1[nH]c2sccc2c(=O)n1CCC1NC[C@@H]2CCc3c(O)cccc3[C@H]12. The first-order valence-electron chi connectivity index (χ1n) is 9.38. The van der Waals surface area contributed by atoms with E-state index in [2.05, 4.69) is 16.4 Å². The second kappa shape index (κ2) is 6.35. The Bertz CT molecular complexity index is 1130. The molecule has 3 atom stereocenters. The first-order chi connectivity index (χ1) is 13.1. The molecule has 140 valence electrons. The molecule has 1 saturated heterocycles. The summed E-state index contributed by atoms with van der Waals surface area (Å²) in [4.78, 5) is 28.4. The fraction of sp³-hybridized carbons (Fsp3) is 0.400. The van der Waals surface area contributed by atoms with E-state index >= 15 is 0 Å². The number of rotatable bonds is 3. The van der Waals surface area contributed by atoms with Crippen LogP contribution in [0.3, 0.4) is 0 Å². The zero-order valence-electron chi connectivity index (χ0n) is 14.8. The lowest BCUT2D eigenvalue weighted by Crippen LogP contribution is -2.37. The van der Waals surface area contributed by atoms with Crippen molar-refractivity contribution in [2.45, 2.75) is 37.8 Å². The molecule has 1 fully saturated rings. The van der Waals surface area contributed by atoms with E-state index in [1.54, 1.807) is 12.1 Å². The number of nitrogens with zero attached hydrogens (tertiary/aromatic N) is 1. The standard InChI is InChI=1S/C20H21N3O3S/c24-16-3-1-2-13-12(16)5-4-11-10-21-15(17(11)13)6-8-23-19(25)14-7-9-27-18(14)22-20(23)26/h1-3,7,9,11,15,17,21,24H,4-6,8,10H2,(H,22,26)/t11-,15?,17+/m0/s1. The number of H-pyrrole nitrogens is 1. The molecule has 0 bridgehead atoms. The lowest BCUT2D eigenvalue weighted by molar-refractivity contribution is 0.381. The Balaban J connectivity index is 1.44. The third kappa shape index (κ3) is 2.64. The third-order valence-electron chi connectivity index (χ3n) is 6.17. The molecule has 7 heteroatoms. The van der Waals surface area contributed by atoms with Gasteiger partial charge in [0, 0.05) is 18.5 Å². The summed E-state index contributed by atoms with van der Waals surface area (Å²) in [7, 11) is 0. The van der Waals surface area contributed by atoms with Gasteiger partial charge in [-0.1, -0.05) is 12.1 Å².